The Morgan fingerprint density at radius 3 is 2.87 bits per heavy atom. The van der Waals surface area contributed by atoms with Crippen molar-refractivity contribution in [2.75, 3.05) is 6.54 Å². The van der Waals surface area contributed by atoms with Gasteiger partial charge in [-0.3, -0.25) is 4.79 Å². The summed E-state index contributed by atoms with van der Waals surface area (Å²) in [5, 5.41) is 3.70. The first-order valence-electron chi connectivity index (χ1n) is 4.28. The van der Waals surface area contributed by atoms with E-state index in [-0.39, 0.29) is 5.91 Å². The molecule has 0 aliphatic heterocycles. The van der Waals surface area contributed by atoms with Crippen molar-refractivity contribution in [3.63, 3.8) is 0 Å². The molecule has 0 unspecified atom stereocenters. The summed E-state index contributed by atoms with van der Waals surface area (Å²) in [6, 6.07) is 5.07. The second kappa shape index (κ2) is 5.65. The van der Waals surface area contributed by atoms with E-state index in [0.29, 0.717) is 22.2 Å². The number of rotatable bonds is 1. The molecule has 0 saturated heterocycles. The van der Waals surface area contributed by atoms with Crippen molar-refractivity contribution in [3.8, 4) is 11.8 Å². The van der Waals surface area contributed by atoms with Gasteiger partial charge in [-0.15, -0.1) is 0 Å². The van der Waals surface area contributed by atoms with E-state index < -0.39 is 0 Å². The van der Waals surface area contributed by atoms with Crippen LogP contribution in [0.5, 0.6) is 0 Å². The van der Waals surface area contributed by atoms with Gasteiger partial charge in [0.1, 0.15) is 0 Å². The topological polar surface area (TPSA) is 29.1 Å². The SMILES string of the molecule is CC(=O)NCC#Cc1cc(Cl)ccc1Cl. The number of halogens is 2. The summed E-state index contributed by atoms with van der Waals surface area (Å²) in [6.07, 6.45) is 0. The molecule has 2 nitrogen and oxygen atoms in total. The molecule has 15 heavy (non-hydrogen) atoms. The maximum atomic E-state index is 10.6. The Labute approximate surface area is 98.6 Å². The van der Waals surface area contributed by atoms with Crippen molar-refractivity contribution in [1.82, 2.24) is 5.32 Å². The lowest BCUT2D eigenvalue weighted by Gasteiger charge is -1.96. The molecule has 0 spiro atoms. The summed E-state index contributed by atoms with van der Waals surface area (Å²) in [4.78, 5) is 10.6. The zero-order valence-electron chi connectivity index (χ0n) is 8.10. The summed E-state index contributed by atoms with van der Waals surface area (Å²) < 4.78 is 0. The van der Waals surface area contributed by atoms with E-state index in [4.69, 9.17) is 23.2 Å². The Morgan fingerprint density at radius 1 is 1.47 bits per heavy atom. The van der Waals surface area contributed by atoms with Gasteiger partial charge >= 0.3 is 0 Å². The number of amides is 1. The average molecular weight is 242 g/mol. The van der Waals surface area contributed by atoms with Crippen LogP contribution >= 0.6 is 23.2 Å². The quantitative estimate of drug-likeness (QED) is 0.753. The van der Waals surface area contributed by atoms with Crippen molar-refractivity contribution in [3.05, 3.63) is 33.8 Å². The van der Waals surface area contributed by atoms with Gasteiger partial charge < -0.3 is 5.32 Å². The molecule has 1 N–H and O–H groups in total. The first kappa shape index (κ1) is 11.9. The van der Waals surface area contributed by atoms with Crippen LogP contribution in [0.4, 0.5) is 0 Å². The normalized spacial score (nSPS) is 9.00. The molecule has 0 heterocycles. The van der Waals surface area contributed by atoms with Crippen molar-refractivity contribution >= 4 is 29.1 Å². The zero-order valence-corrected chi connectivity index (χ0v) is 9.62. The minimum Gasteiger partial charge on any atom is -0.345 e. The molecule has 1 aromatic carbocycles. The maximum Gasteiger partial charge on any atom is 0.217 e. The summed E-state index contributed by atoms with van der Waals surface area (Å²) >= 11 is 11.7. The van der Waals surface area contributed by atoms with Gasteiger partial charge in [-0.2, -0.15) is 0 Å². The fraction of sp³-hybridized carbons (Fsp3) is 0.182. The summed E-state index contributed by atoms with van der Waals surface area (Å²) in [6.45, 7) is 1.74. The van der Waals surface area contributed by atoms with Crippen LogP contribution in [0, 0.1) is 11.8 Å². The number of hydrogen-bond donors (Lipinski definition) is 1. The highest BCUT2D eigenvalue weighted by Crippen LogP contribution is 2.19. The van der Waals surface area contributed by atoms with Gasteiger partial charge in [0.25, 0.3) is 0 Å². The monoisotopic (exact) mass is 241 g/mol. The van der Waals surface area contributed by atoms with E-state index in [1.165, 1.54) is 6.92 Å². The summed E-state index contributed by atoms with van der Waals surface area (Å²) in [5.41, 5.74) is 0.662. The lowest BCUT2D eigenvalue weighted by Crippen LogP contribution is -2.19. The minimum absolute atomic E-state index is 0.110. The highest BCUT2D eigenvalue weighted by atomic mass is 35.5. The largest absolute Gasteiger partial charge is 0.345 e. The third-order valence-electron chi connectivity index (χ3n) is 1.58. The van der Waals surface area contributed by atoms with Gasteiger partial charge in [-0.05, 0) is 18.2 Å². The molecule has 0 saturated carbocycles. The van der Waals surface area contributed by atoms with Crippen molar-refractivity contribution in [2.24, 2.45) is 0 Å². The predicted octanol–water partition coefficient (Wildman–Crippen LogP) is 2.48. The summed E-state index contributed by atoms with van der Waals surface area (Å²) in [7, 11) is 0. The Hall–Kier alpha value is -1.17. The molecule has 0 atom stereocenters. The molecule has 0 fully saturated rings. The lowest BCUT2D eigenvalue weighted by atomic mass is 10.2. The molecule has 0 bridgehead atoms. The van der Waals surface area contributed by atoms with E-state index in [2.05, 4.69) is 17.2 Å². The molecule has 0 aromatic heterocycles. The molecule has 4 heteroatoms. The Kier molecular flexibility index (Phi) is 4.48. The van der Waals surface area contributed by atoms with Crippen LogP contribution in [-0.4, -0.2) is 12.5 Å². The van der Waals surface area contributed by atoms with Gasteiger partial charge in [-0.1, -0.05) is 35.0 Å². The third-order valence-corrected chi connectivity index (χ3v) is 2.14. The molecule has 1 amide bonds. The fourth-order valence-electron chi connectivity index (χ4n) is 0.901. The van der Waals surface area contributed by atoms with Crippen molar-refractivity contribution < 1.29 is 4.79 Å². The highest BCUT2D eigenvalue weighted by Gasteiger charge is 1.96. The smallest absolute Gasteiger partial charge is 0.217 e. The van der Waals surface area contributed by atoms with E-state index in [9.17, 15) is 4.79 Å². The van der Waals surface area contributed by atoms with Crippen LogP contribution < -0.4 is 5.32 Å². The Morgan fingerprint density at radius 2 is 2.20 bits per heavy atom. The van der Waals surface area contributed by atoms with Crippen LogP contribution in [0.3, 0.4) is 0 Å². The van der Waals surface area contributed by atoms with Crippen LogP contribution in [-0.2, 0) is 4.79 Å². The van der Waals surface area contributed by atoms with E-state index in [1.54, 1.807) is 18.2 Å². The maximum absolute atomic E-state index is 10.6. The molecule has 0 radical (unpaired) electrons. The predicted molar refractivity (Wildman–Crippen MR) is 62.0 cm³/mol. The fourth-order valence-corrected chi connectivity index (χ4v) is 1.24. The second-order valence-corrected chi connectivity index (χ2v) is 3.68. The average Bonchev–Trinajstić information content (AvgIpc) is 2.17. The number of hydrogen-bond acceptors (Lipinski definition) is 1. The first-order valence-corrected chi connectivity index (χ1v) is 5.03. The van der Waals surface area contributed by atoms with Gasteiger partial charge in [0, 0.05) is 17.5 Å². The van der Waals surface area contributed by atoms with Crippen LogP contribution in [0.15, 0.2) is 18.2 Å². The van der Waals surface area contributed by atoms with Crippen molar-refractivity contribution in [1.29, 1.82) is 0 Å². The lowest BCUT2D eigenvalue weighted by molar-refractivity contribution is -0.118. The van der Waals surface area contributed by atoms with E-state index >= 15 is 0 Å². The van der Waals surface area contributed by atoms with Gasteiger partial charge in [0.05, 0.1) is 11.6 Å². The molecular weight excluding hydrogens is 233 g/mol. The third kappa shape index (κ3) is 4.24. The van der Waals surface area contributed by atoms with Gasteiger partial charge in [0.2, 0.25) is 5.91 Å². The molecular formula is C11H9Cl2NO. The van der Waals surface area contributed by atoms with Crippen molar-refractivity contribution in [2.45, 2.75) is 6.92 Å². The van der Waals surface area contributed by atoms with Gasteiger partial charge in [0.15, 0.2) is 0 Å². The molecule has 0 aliphatic carbocycles. The standard InChI is InChI=1S/C11H9Cl2NO/c1-8(15)14-6-2-3-9-7-10(12)4-5-11(9)13/h4-5,7H,6H2,1H3,(H,14,15). The van der Waals surface area contributed by atoms with Crippen LogP contribution in [0.25, 0.3) is 0 Å². The van der Waals surface area contributed by atoms with E-state index in [1.807, 2.05) is 0 Å². The number of carbonyl (C=O) groups is 1. The zero-order chi connectivity index (χ0) is 11.3. The number of benzene rings is 1. The van der Waals surface area contributed by atoms with E-state index in [0.717, 1.165) is 0 Å². The molecule has 1 rings (SSSR count). The second-order valence-electron chi connectivity index (χ2n) is 2.84. The first-order chi connectivity index (χ1) is 7.09. The Bertz CT molecular complexity index is 432. The number of nitrogens with one attached hydrogen (secondary N) is 1. The molecule has 1 aromatic rings. The highest BCUT2D eigenvalue weighted by molar-refractivity contribution is 6.33. The Balaban J connectivity index is 2.71. The minimum atomic E-state index is -0.110. The molecule has 78 valence electrons. The van der Waals surface area contributed by atoms with Crippen LogP contribution in [0.2, 0.25) is 10.0 Å². The number of carbonyl (C=O) groups excluding carboxylic acids is 1. The van der Waals surface area contributed by atoms with Crippen LogP contribution in [0.1, 0.15) is 12.5 Å². The molecule has 0 aliphatic rings. The summed E-state index contributed by atoms with van der Waals surface area (Å²) in [5.74, 6) is 5.49. The van der Waals surface area contributed by atoms with Gasteiger partial charge in [-0.25, -0.2) is 0 Å².